The number of benzene rings is 1. The first kappa shape index (κ1) is 13.6. The maximum Gasteiger partial charge on any atom is 0.263 e. The summed E-state index contributed by atoms with van der Waals surface area (Å²) in [4.78, 5) is 39.5. The van der Waals surface area contributed by atoms with Gasteiger partial charge in [0.15, 0.2) is 0 Å². The first-order valence-electron chi connectivity index (χ1n) is 7.02. The van der Waals surface area contributed by atoms with Crippen LogP contribution in [0.15, 0.2) is 18.2 Å². The number of fused-ring (bicyclic) bond motifs is 1. The molecule has 110 valence electrons. The standard InChI is InChI=1S/C15H17N3O3/c1-9(19)17-7-3-4-10(8-17)18-14(20)11-5-2-6-12(16)13(11)15(18)21/h2,5-6,10H,3-4,7-8,16H2,1H3. The topological polar surface area (TPSA) is 83.7 Å². The predicted molar refractivity (Wildman–Crippen MR) is 76.6 cm³/mol. The van der Waals surface area contributed by atoms with E-state index in [9.17, 15) is 14.4 Å². The van der Waals surface area contributed by atoms with Crippen LogP contribution in [0.2, 0.25) is 0 Å². The van der Waals surface area contributed by atoms with Crippen LogP contribution in [-0.4, -0.2) is 46.7 Å². The van der Waals surface area contributed by atoms with Crippen molar-refractivity contribution in [3.05, 3.63) is 29.3 Å². The number of carbonyl (C=O) groups excluding carboxylic acids is 3. The van der Waals surface area contributed by atoms with Crippen molar-refractivity contribution in [2.24, 2.45) is 0 Å². The van der Waals surface area contributed by atoms with E-state index < -0.39 is 0 Å². The van der Waals surface area contributed by atoms with Crippen molar-refractivity contribution in [3.8, 4) is 0 Å². The third-order valence-electron chi connectivity index (χ3n) is 4.19. The zero-order valence-corrected chi connectivity index (χ0v) is 11.8. The molecule has 6 heteroatoms. The molecule has 0 aromatic heterocycles. The molecule has 1 aromatic carbocycles. The van der Waals surface area contributed by atoms with Gasteiger partial charge in [-0.1, -0.05) is 6.07 Å². The van der Waals surface area contributed by atoms with Crippen molar-refractivity contribution in [1.29, 1.82) is 0 Å². The Balaban J connectivity index is 1.91. The SMILES string of the molecule is CC(=O)N1CCCC(N2C(=O)c3cccc(N)c3C2=O)C1. The van der Waals surface area contributed by atoms with E-state index in [4.69, 9.17) is 5.73 Å². The number of imide groups is 1. The number of anilines is 1. The Morgan fingerprint density at radius 1 is 1.29 bits per heavy atom. The number of carbonyl (C=O) groups is 3. The van der Waals surface area contributed by atoms with Crippen molar-refractivity contribution < 1.29 is 14.4 Å². The number of hydrogen-bond donors (Lipinski definition) is 1. The van der Waals surface area contributed by atoms with Crippen molar-refractivity contribution in [2.45, 2.75) is 25.8 Å². The monoisotopic (exact) mass is 287 g/mol. The molecule has 0 saturated carbocycles. The number of nitrogen functional groups attached to an aromatic ring is 1. The van der Waals surface area contributed by atoms with Gasteiger partial charge in [-0.25, -0.2) is 0 Å². The van der Waals surface area contributed by atoms with Crippen LogP contribution in [0.1, 0.15) is 40.5 Å². The van der Waals surface area contributed by atoms with Crippen LogP contribution >= 0.6 is 0 Å². The second-order valence-electron chi connectivity index (χ2n) is 5.51. The van der Waals surface area contributed by atoms with Crippen LogP contribution in [0.3, 0.4) is 0 Å². The van der Waals surface area contributed by atoms with Gasteiger partial charge >= 0.3 is 0 Å². The molecule has 1 saturated heterocycles. The van der Waals surface area contributed by atoms with Gasteiger partial charge in [0.2, 0.25) is 5.91 Å². The summed E-state index contributed by atoms with van der Waals surface area (Å²) in [7, 11) is 0. The summed E-state index contributed by atoms with van der Waals surface area (Å²) in [6, 6.07) is 4.65. The number of amides is 3. The van der Waals surface area contributed by atoms with Crippen molar-refractivity contribution in [3.63, 3.8) is 0 Å². The average Bonchev–Trinajstić information content (AvgIpc) is 2.72. The average molecular weight is 287 g/mol. The lowest BCUT2D eigenvalue weighted by Crippen LogP contribution is -2.51. The minimum atomic E-state index is -0.344. The number of nitrogens with two attached hydrogens (primary N) is 1. The molecule has 0 bridgehead atoms. The molecule has 0 radical (unpaired) electrons. The fraction of sp³-hybridized carbons (Fsp3) is 0.400. The summed E-state index contributed by atoms with van der Waals surface area (Å²) in [5, 5.41) is 0. The van der Waals surface area contributed by atoms with E-state index in [0.717, 1.165) is 12.8 Å². The van der Waals surface area contributed by atoms with Gasteiger partial charge in [0.25, 0.3) is 11.8 Å². The molecule has 1 fully saturated rings. The molecule has 6 nitrogen and oxygen atoms in total. The summed E-state index contributed by atoms with van der Waals surface area (Å²) >= 11 is 0. The van der Waals surface area contributed by atoms with Crippen LogP contribution in [0.5, 0.6) is 0 Å². The van der Waals surface area contributed by atoms with Crippen LogP contribution in [0.25, 0.3) is 0 Å². The van der Waals surface area contributed by atoms with Crippen LogP contribution < -0.4 is 5.73 Å². The molecule has 2 heterocycles. The van der Waals surface area contributed by atoms with E-state index in [1.807, 2.05) is 0 Å². The van der Waals surface area contributed by atoms with E-state index in [1.165, 1.54) is 11.8 Å². The maximum atomic E-state index is 12.5. The first-order valence-corrected chi connectivity index (χ1v) is 7.02. The molecule has 3 amide bonds. The van der Waals surface area contributed by atoms with Gasteiger partial charge in [-0.15, -0.1) is 0 Å². The van der Waals surface area contributed by atoms with E-state index in [1.54, 1.807) is 23.1 Å². The lowest BCUT2D eigenvalue weighted by molar-refractivity contribution is -0.130. The number of rotatable bonds is 1. The van der Waals surface area contributed by atoms with Crippen molar-refractivity contribution in [1.82, 2.24) is 9.80 Å². The van der Waals surface area contributed by atoms with Crippen molar-refractivity contribution >= 4 is 23.4 Å². The Morgan fingerprint density at radius 3 is 2.71 bits per heavy atom. The highest BCUT2D eigenvalue weighted by Crippen LogP contribution is 2.31. The molecule has 2 aliphatic rings. The van der Waals surface area contributed by atoms with Gasteiger partial charge in [-0.2, -0.15) is 0 Å². The maximum absolute atomic E-state index is 12.5. The van der Waals surface area contributed by atoms with Gasteiger partial charge in [-0.05, 0) is 25.0 Å². The molecule has 3 rings (SSSR count). The van der Waals surface area contributed by atoms with Gasteiger partial charge in [0.1, 0.15) is 0 Å². The fourth-order valence-corrected chi connectivity index (χ4v) is 3.11. The van der Waals surface area contributed by atoms with Crippen LogP contribution in [0, 0.1) is 0 Å². The second kappa shape index (κ2) is 4.87. The molecule has 0 aliphatic carbocycles. The smallest absolute Gasteiger partial charge is 0.263 e. The van der Waals surface area contributed by atoms with Crippen LogP contribution in [0.4, 0.5) is 5.69 Å². The van der Waals surface area contributed by atoms with E-state index >= 15 is 0 Å². The summed E-state index contributed by atoms with van der Waals surface area (Å²) in [5.74, 6) is -0.683. The normalized spacial score (nSPS) is 21.7. The summed E-state index contributed by atoms with van der Waals surface area (Å²) < 4.78 is 0. The van der Waals surface area contributed by atoms with Gasteiger partial charge < -0.3 is 10.6 Å². The molecular formula is C15H17N3O3. The highest BCUT2D eigenvalue weighted by molar-refractivity contribution is 6.23. The van der Waals surface area contributed by atoms with E-state index in [2.05, 4.69) is 0 Å². The van der Waals surface area contributed by atoms with Crippen LogP contribution in [-0.2, 0) is 4.79 Å². The molecule has 1 aromatic rings. The predicted octanol–water partition coefficient (Wildman–Crippen LogP) is 0.876. The Morgan fingerprint density at radius 2 is 2.05 bits per heavy atom. The van der Waals surface area contributed by atoms with Gasteiger partial charge in [-0.3, -0.25) is 19.3 Å². The number of piperidine rings is 1. The molecule has 1 unspecified atom stereocenters. The third kappa shape index (κ3) is 2.07. The van der Waals surface area contributed by atoms with Gasteiger partial charge in [0, 0.05) is 25.7 Å². The Kier molecular flexibility index (Phi) is 3.16. The molecule has 21 heavy (non-hydrogen) atoms. The zero-order chi connectivity index (χ0) is 15.1. The molecule has 2 aliphatic heterocycles. The minimum absolute atomic E-state index is 0.0316. The summed E-state index contributed by atoms with van der Waals surface area (Å²) in [6.07, 6.45) is 1.50. The van der Waals surface area contributed by atoms with E-state index in [0.29, 0.717) is 29.9 Å². The quantitative estimate of drug-likeness (QED) is 0.614. The Labute approximate surface area is 122 Å². The number of likely N-dealkylation sites (tertiary alicyclic amines) is 1. The number of nitrogens with zero attached hydrogens (tertiary/aromatic N) is 2. The highest BCUT2D eigenvalue weighted by Gasteiger charge is 2.42. The lowest BCUT2D eigenvalue weighted by Gasteiger charge is -2.36. The first-order chi connectivity index (χ1) is 10.0. The fourth-order valence-electron chi connectivity index (χ4n) is 3.11. The lowest BCUT2D eigenvalue weighted by atomic mass is 10.0. The Hall–Kier alpha value is -2.37. The largest absolute Gasteiger partial charge is 0.398 e. The van der Waals surface area contributed by atoms with E-state index in [-0.39, 0.29) is 23.8 Å². The summed E-state index contributed by atoms with van der Waals surface area (Å²) in [6.45, 7) is 2.58. The number of hydrogen-bond acceptors (Lipinski definition) is 4. The molecule has 0 spiro atoms. The molecule has 1 atom stereocenters. The Bertz CT molecular complexity index is 641. The zero-order valence-electron chi connectivity index (χ0n) is 11.8. The second-order valence-corrected chi connectivity index (χ2v) is 5.51. The minimum Gasteiger partial charge on any atom is -0.398 e. The summed E-state index contributed by atoms with van der Waals surface area (Å²) in [5.41, 5.74) is 6.81. The molecule has 2 N–H and O–H groups in total. The van der Waals surface area contributed by atoms with Crippen molar-refractivity contribution in [2.75, 3.05) is 18.8 Å². The third-order valence-corrected chi connectivity index (χ3v) is 4.19. The molecular weight excluding hydrogens is 270 g/mol. The highest BCUT2D eigenvalue weighted by atomic mass is 16.2. The van der Waals surface area contributed by atoms with Gasteiger partial charge in [0.05, 0.1) is 17.2 Å².